The zero-order valence-corrected chi connectivity index (χ0v) is 14.0. The second kappa shape index (κ2) is 6.72. The van der Waals surface area contributed by atoms with Crippen LogP contribution in [0.15, 0.2) is 30.3 Å². The van der Waals surface area contributed by atoms with Crippen molar-refractivity contribution in [3.05, 3.63) is 35.9 Å². The summed E-state index contributed by atoms with van der Waals surface area (Å²) in [6.45, 7) is 1.66. The minimum atomic E-state index is -4.00. The van der Waals surface area contributed by atoms with Crippen LogP contribution >= 0.6 is 11.6 Å². The Balaban J connectivity index is 2.20. The van der Waals surface area contributed by atoms with Crippen molar-refractivity contribution >= 4 is 27.7 Å². The molecular weight excluding hydrogens is 351 g/mol. The summed E-state index contributed by atoms with van der Waals surface area (Å²) in [4.78, 5) is 12.1. The molecule has 0 radical (unpaired) electrons. The first-order chi connectivity index (χ1) is 10.6. The van der Waals surface area contributed by atoms with Crippen molar-refractivity contribution in [3.63, 3.8) is 0 Å². The van der Waals surface area contributed by atoms with Crippen LogP contribution in [0.4, 0.5) is 4.39 Å². The summed E-state index contributed by atoms with van der Waals surface area (Å²) in [7, 11) is -4.00. The number of esters is 1. The van der Waals surface area contributed by atoms with E-state index in [0.717, 1.165) is 6.26 Å². The molecule has 0 aromatic heterocycles. The summed E-state index contributed by atoms with van der Waals surface area (Å²) in [5.74, 6) is -0.791. The van der Waals surface area contributed by atoms with Gasteiger partial charge >= 0.3 is 5.97 Å². The van der Waals surface area contributed by atoms with Gasteiger partial charge in [-0.2, -0.15) is 8.42 Å². The third-order valence-corrected chi connectivity index (χ3v) is 4.16. The molecule has 6 nitrogen and oxygen atoms in total. The third kappa shape index (κ3) is 4.20. The van der Waals surface area contributed by atoms with Crippen molar-refractivity contribution in [3.8, 4) is 0 Å². The molecule has 0 N–H and O–H groups in total. The number of halogens is 2. The van der Waals surface area contributed by atoms with Crippen molar-refractivity contribution in [1.82, 2.24) is 0 Å². The summed E-state index contributed by atoms with van der Waals surface area (Å²) in [6, 6.07) is 7.95. The van der Waals surface area contributed by atoms with Gasteiger partial charge in [0.05, 0.1) is 11.8 Å². The number of benzene rings is 1. The number of hydrogen-bond acceptors (Lipinski definition) is 6. The molecule has 0 bridgehead atoms. The first-order valence-electron chi connectivity index (χ1n) is 6.82. The Labute approximate surface area is 138 Å². The van der Waals surface area contributed by atoms with Gasteiger partial charge in [-0.1, -0.05) is 36.7 Å². The van der Waals surface area contributed by atoms with Crippen molar-refractivity contribution in [2.75, 3.05) is 6.26 Å². The molecule has 9 heteroatoms. The van der Waals surface area contributed by atoms with Gasteiger partial charge < -0.3 is 9.47 Å². The van der Waals surface area contributed by atoms with Gasteiger partial charge in [-0.25, -0.2) is 13.4 Å². The largest absolute Gasteiger partial charge is 0.451 e. The highest BCUT2D eigenvalue weighted by molar-refractivity contribution is 7.86. The highest BCUT2D eigenvalue weighted by Crippen LogP contribution is 2.42. The molecule has 4 atom stereocenters. The van der Waals surface area contributed by atoms with Crippen LogP contribution in [-0.2, 0) is 23.8 Å². The number of alkyl halides is 2. The average molecular weight is 367 g/mol. The summed E-state index contributed by atoms with van der Waals surface area (Å²) in [5, 5.41) is -2.83. The fourth-order valence-electron chi connectivity index (χ4n) is 2.17. The standard InChI is InChI=1S/C14H16ClFO6S/c1-3-10-11(21-12(17)9-7-5-4-6-8-9)14(15,16)13(20-10)22-23(2,18)19/h4-8,10-11,13H,3H2,1-2H3/t10-,11-,13?,14-/m1/s1. The van der Waals surface area contributed by atoms with Crippen molar-refractivity contribution in [1.29, 1.82) is 0 Å². The molecule has 1 aliphatic rings. The van der Waals surface area contributed by atoms with E-state index in [-0.39, 0.29) is 12.0 Å². The zero-order chi connectivity index (χ0) is 17.3. The smallest absolute Gasteiger partial charge is 0.338 e. The van der Waals surface area contributed by atoms with E-state index in [0.29, 0.717) is 0 Å². The van der Waals surface area contributed by atoms with Gasteiger partial charge in [0.2, 0.25) is 6.29 Å². The first-order valence-corrected chi connectivity index (χ1v) is 9.02. The van der Waals surface area contributed by atoms with Crippen LogP contribution in [0.2, 0.25) is 0 Å². The van der Waals surface area contributed by atoms with E-state index >= 15 is 0 Å². The number of rotatable bonds is 5. The molecule has 0 saturated carbocycles. The summed E-state index contributed by atoms with van der Waals surface area (Å²) < 4.78 is 51.9. The predicted molar refractivity (Wildman–Crippen MR) is 80.2 cm³/mol. The Kier molecular flexibility index (Phi) is 5.30. The lowest BCUT2D eigenvalue weighted by atomic mass is 10.1. The number of carbonyl (C=O) groups is 1. The van der Waals surface area contributed by atoms with Crippen LogP contribution in [0.25, 0.3) is 0 Å². The average Bonchev–Trinajstić information content (AvgIpc) is 2.70. The number of ether oxygens (including phenoxy) is 2. The van der Waals surface area contributed by atoms with Crippen LogP contribution in [0.3, 0.4) is 0 Å². The third-order valence-electron chi connectivity index (χ3n) is 3.24. The molecule has 1 saturated heterocycles. The second-order valence-electron chi connectivity index (χ2n) is 5.08. The Bertz CT molecular complexity index is 663. The van der Waals surface area contributed by atoms with E-state index < -0.39 is 39.7 Å². The van der Waals surface area contributed by atoms with Gasteiger partial charge in [0.25, 0.3) is 15.2 Å². The first kappa shape index (κ1) is 18.1. The maximum atomic E-state index is 14.8. The number of hydrogen-bond donors (Lipinski definition) is 0. The van der Waals surface area contributed by atoms with Crippen molar-refractivity contribution < 1.29 is 31.3 Å². The van der Waals surface area contributed by atoms with Crippen LogP contribution in [0.1, 0.15) is 23.7 Å². The highest BCUT2D eigenvalue weighted by Gasteiger charge is 2.60. The van der Waals surface area contributed by atoms with Gasteiger partial charge in [0, 0.05) is 0 Å². The van der Waals surface area contributed by atoms with E-state index in [9.17, 15) is 17.6 Å². The van der Waals surface area contributed by atoms with Crippen LogP contribution in [0.5, 0.6) is 0 Å². The lowest BCUT2D eigenvalue weighted by Crippen LogP contribution is -2.43. The summed E-state index contributed by atoms with van der Waals surface area (Å²) >= 11 is 5.75. The molecule has 1 unspecified atom stereocenters. The molecule has 0 amide bonds. The molecule has 2 rings (SSSR count). The molecule has 128 valence electrons. The highest BCUT2D eigenvalue weighted by atomic mass is 35.5. The van der Waals surface area contributed by atoms with E-state index in [4.69, 9.17) is 21.1 Å². The van der Waals surface area contributed by atoms with Gasteiger partial charge in [0.1, 0.15) is 6.10 Å². The maximum absolute atomic E-state index is 14.8. The lowest BCUT2D eigenvalue weighted by Gasteiger charge is -2.24. The fourth-order valence-corrected chi connectivity index (χ4v) is 3.01. The van der Waals surface area contributed by atoms with E-state index in [2.05, 4.69) is 4.18 Å². The molecular formula is C14H16ClFO6S. The molecule has 1 heterocycles. The quantitative estimate of drug-likeness (QED) is 0.451. The van der Waals surface area contributed by atoms with Gasteiger partial charge in [-0.05, 0) is 18.6 Å². The van der Waals surface area contributed by atoms with Crippen molar-refractivity contribution in [2.24, 2.45) is 0 Å². The van der Waals surface area contributed by atoms with Gasteiger partial charge in [0.15, 0.2) is 6.10 Å². The SMILES string of the molecule is CC[C@H]1OC(OS(C)(=O)=O)[C@@](F)(Cl)[C@@H]1OC(=O)c1ccccc1. The Morgan fingerprint density at radius 1 is 1.39 bits per heavy atom. The maximum Gasteiger partial charge on any atom is 0.338 e. The van der Waals surface area contributed by atoms with Gasteiger partial charge in [-0.3, -0.25) is 0 Å². The van der Waals surface area contributed by atoms with Crippen LogP contribution < -0.4 is 0 Å². The second-order valence-corrected chi connectivity index (χ2v) is 7.26. The minimum Gasteiger partial charge on any atom is -0.451 e. The molecule has 1 aromatic carbocycles. The molecule has 0 aliphatic carbocycles. The Morgan fingerprint density at radius 2 is 2.00 bits per heavy atom. The monoisotopic (exact) mass is 366 g/mol. The van der Waals surface area contributed by atoms with E-state index in [1.165, 1.54) is 12.1 Å². The Hall–Kier alpha value is -1.22. The van der Waals surface area contributed by atoms with Crippen LogP contribution in [-0.4, -0.2) is 44.3 Å². The Morgan fingerprint density at radius 3 is 2.52 bits per heavy atom. The number of carbonyl (C=O) groups excluding carboxylic acids is 1. The fraction of sp³-hybridized carbons (Fsp3) is 0.500. The topological polar surface area (TPSA) is 78.9 Å². The predicted octanol–water partition coefficient (Wildman–Crippen LogP) is 2.23. The van der Waals surface area contributed by atoms with E-state index in [1.54, 1.807) is 25.1 Å². The van der Waals surface area contributed by atoms with Crippen molar-refractivity contribution in [2.45, 2.75) is 37.0 Å². The van der Waals surface area contributed by atoms with Crippen LogP contribution in [0, 0.1) is 0 Å². The minimum absolute atomic E-state index is 0.210. The lowest BCUT2D eigenvalue weighted by molar-refractivity contribution is -0.0998. The molecule has 23 heavy (non-hydrogen) atoms. The molecule has 1 aromatic rings. The molecule has 0 spiro atoms. The molecule has 1 fully saturated rings. The van der Waals surface area contributed by atoms with Gasteiger partial charge in [-0.15, -0.1) is 0 Å². The zero-order valence-electron chi connectivity index (χ0n) is 12.4. The van der Waals surface area contributed by atoms with E-state index in [1.807, 2.05) is 0 Å². The molecule has 1 aliphatic heterocycles. The summed E-state index contributed by atoms with van der Waals surface area (Å²) in [5.41, 5.74) is 0.210. The normalized spacial score (nSPS) is 31.0. The summed E-state index contributed by atoms with van der Waals surface area (Å²) in [6.07, 6.45) is -3.34.